The molecule has 2 aromatic carbocycles. The number of H-pyrrole nitrogens is 1. The van der Waals surface area contributed by atoms with Crippen molar-refractivity contribution >= 4 is 28.4 Å². The number of amides is 1. The fourth-order valence-electron chi connectivity index (χ4n) is 4.26. The molecule has 4 aromatic rings. The summed E-state index contributed by atoms with van der Waals surface area (Å²) in [6.07, 6.45) is -0.493. The topological polar surface area (TPSA) is 119 Å². The van der Waals surface area contributed by atoms with Gasteiger partial charge in [-0.25, -0.2) is 4.68 Å². The first-order valence-corrected chi connectivity index (χ1v) is 12.0. The first-order valence-electron chi connectivity index (χ1n) is 12.0. The van der Waals surface area contributed by atoms with E-state index in [2.05, 4.69) is 20.6 Å². The number of fused-ring (bicyclic) bond motifs is 1. The Kier molecular flexibility index (Phi) is 6.93. The second kappa shape index (κ2) is 10.3. The number of methoxy groups -OCH3 is 2. The molecule has 0 radical (unpaired) electrons. The number of rotatable bonds is 10. The first kappa shape index (κ1) is 25.5. The van der Waals surface area contributed by atoms with Gasteiger partial charge in [0.1, 0.15) is 12.3 Å². The molecule has 1 saturated carbocycles. The molecule has 1 amide bonds. The molecule has 38 heavy (non-hydrogen) atoms. The Balaban J connectivity index is 1.46. The summed E-state index contributed by atoms with van der Waals surface area (Å²) < 4.78 is 49.8. The van der Waals surface area contributed by atoms with Crippen molar-refractivity contribution in [3.05, 3.63) is 47.7 Å². The van der Waals surface area contributed by atoms with Crippen molar-refractivity contribution in [2.24, 2.45) is 0 Å². The van der Waals surface area contributed by atoms with Crippen LogP contribution in [0.25, 0.3) is 22.3 Å². The van der Waals surface area contributed by atoms with Crippen molar-refractivity contribution in [1.29, 1.82) is 0 Å². The molecule has 2 aromatic heterocycles. The predicted octanol–water partition coefficient (Wildman–Crippen LogP) is 4.39. The smallest absolute Gasteiger partial charge is 0.405 e. The van der Waals surface area contributed by atoms with Crippen molar-refractivity contribution in [2.75, 3.05) is 32.7 Å². The Hall–Kier alpha value is -4.13. The molecule has 1 fully saturated rings. The molecule has 3 N–H and O–H groups in total. The minimum Gasteiger partial charge on any atom is -0.496 e. The van der Waals surface area contributed by atoms with Gasteiger partial charge < -0.3 is 20.1 Å². The third kappa shape index (κ3) is 5.42. The van der Waals surface area contributed by atoms with E-state index in [9.17, 15) is 18.0 Å². The first-order chi connectivity index (χ1) is 18.3. The van der Waals surface area contributed by atoms with E-state index < -0.39 is 18.6 Å². The summed E-state index contributed by atoms with van der Waals surface area (Å²) in [6.45, 7) is -0.617. The molecule has 200 valence electrons. The van der Waals surface area contributed by atoms with Crippen LogP contribution in [0.2, 0.25) is 0 Å². The number of benzene rings is 2. The SMILES string of the molecule is COCCn1nc(-c2ccc(C(=O)NCC(F)(F)F)c(OC)c2)nc1Nc1ccc2[nH]ncc2c1C1CC1. The molecule has 0 bridgehead atoms. The van der Waals surface area contributed by atoms with Gasteiger partial charge in [-0.1, -0.05) is 6.07 Å². The third-order valence-corrected chi connectivity index (χ3v) is 6.23. The lowest BCUT2D eigenvalue weighted by atomic mass is 10.0. The number of hydrogen-bond donors (Lipinski definition) is 3. The summed E-state index contributed by atoms with van der Waals surface area (Å²) in [5.41, 5.74) is 3.55. The molecule has 2 heterocycles. The van der Waals surface area contributed by atoms with E-state index in [0.717, 1.165) is 29.4 Å². The summed E-state index contributed by atoms with van der Waals surface area (Å²) in [4.78, 5) is 17.0. The number of anilines is 2. The molecule has 10 nitrogen and oxygen atoms in total. The number of alkyl halides is 3. The molecule has 0 unspecified atom stereocenters. The average molecular weight is 530 g/mol. The number of ether oxygens (including phenoxy) is 2. The van der Waals surface area contributed by atoms with Gasteiger partial charge in [0.05, 0.1) is 37.5 Å². The van der Waals surface area contributed by atoms with Gasteiger partial charge in [0.2, 0.25) is 5.95 Å². The number of aromatic amines is 1. The van der Waals surface area contributed by atoms with Crippen LogP contribution in [0.1, 0.15) is 34.7 Å². The van der Waals surface area contributed by atoms with Crippen LogP contribution in [0.15, 0.2) is 36.5 Å². The van der Waals surface area contributed by atoms with Crippen molar-refractivity contribution in [1.82, 2.24) is 30.3 Å². The highest BCUT2D eigenvalue weighted by molar-refractivity contribution is 5.97. The minimum atomic E-state index is -4.52. The van der Waals surface area contributed by atoms with Gasteiger partial charge in [-0.3, -0.25) is 9.89 Å². The standard InChI is InChI=1S/C25H26F3N7O3/c1-37-10-9-35-24(31-19-8-7-18-17(12-30-33-18)21(19)14-3-4-14)32-22(34-35)15-5-6-16(20(11-15)38-2)23(36)29-13-25(26,27)28/h5-8,11-12,14H,3-4,9-10,13H2,1-2H3,(H,29,36)(H,30,33)(H,31,32,34). The van der Waals surface area contributed by atoms with Crippen LogP contribution in [-0.2, 0) is 11.3 Å². The number of carbonyl (C=O) groups is 1. The highest BCUT2D eigenvalue weighted by Crippen LogP contribution is 2.47. The van der Waals surface area contributed by atoms with E-state index in [1.807, 2.05) is 23.6 Å². The molecule has 13 heteroatoms. The number of nitrogens with zero attached hydrogens (tertiary/aromatic N) is 4. The predicted molar refractivity (Wildman–Crippen MR) is 134 cm³/mol. The Bertz CT molecular complexity index is 1460. The molecule has 0 spiro atoms. The van der Waals surface area contributed by atoms with E-state index in [-0.39, 0.29) is 11.3 Å². The van der Waals surface area contributed by atoms with E-state index in [4.69, 9.17) is 14.5 Å². The van der Waals surface area contributed by atoms with Gasteiger partial charge in [-0.2, -0.15) is 23.3 Å². The number of carbonyl (C=O) groups excluding carboxylic acids is 1. The number of nitrogens with one attached hydrogen (secondary N) is 3. The Morgan fingerprint density at radius 3 is 2.74 bits per heavy atom. The normalized spacial score (nSPS) is 13.6. The lowest BCUT2D eigenvalue weighted by Crippen LogP contribution is -2.33. The van der Waals surface area contributed by atoms with Crippen LogP contribution in [-0.4, -0.2) is 64.4 Å². The lowest BCUT2D eigenvalue weighted by molar-refractivity contribution is -0.123. The van der Waals surface area contributed by atoms with E-state index in [1.54, 1.807) is 17.9 Å². The zero-order chi connectivity index (χ0) is 26.9. The van der Waals surface area contributed by atoms with Gasteiger partial charge in [-0.05, 0) is 48.6 Å². The minimum absolute atomic E-state index is 0.0276. The van der Waals surface area contributed by atoms with Crippen molar-refractivity contribution < 1.29 is 27.4 Å². The quantitative estimate of drug-likeness (QED) is 0.279. The summed E-state index contributed by atoms with van der Waals surface area (Å²) in [7, 11) is 2.93. The monoisotopic (exact) mass is 529 g/mol. The highest BCUT2D eigenvalue weighted by Gasteiger charge is 2.30. The summed E-state index contributed by atoms with van der Waals surface area (Å²) in [5, 5.41) is 18.2. The average Bonchev–Trinajstić information content (AvgIpc) is 3.48. The van der Waals surface area contributed by atoms with Crippen molar-refractivity contribution in [3.63, 3.8) is 0 Å². The van der Waals surface area contributed by atoms with Gasteiger partial charge in [-0.15, -0.1) is 5.10 Å². The molecule has 5 rings (SSSR count). The van der Waals surface area contributed by atoms with E-state index in [1.165, 1.54) is 24.8 Å². The van der Waals surface area contributed by atoms with E-state index in [0.29, 0.717) is 36.4 Å². The van der Waals surface area contributed by atoms with Crippen molar-refractivity contribution in [3.8, 4) is 17.1 Å². The largest absolute Gasteiger partial charge is 0.496 e. The Morgan fingerprint density at radius 2 is 2.03 bits per heavy atom. The fourth-order valence-corrected chi connectivity index (χ4v) is 4.26. The molecule has 1 aliphatic carbocycles. The fraction of sp³-hybridized carbons (Fsp3) is 0.360. The second-order valence-corrected chi connectivity index (χ2v) is 8.95. The van der Waals surface area contributed by atoms with E-state index >= 15 is 0 Å². The zero-order valence-corrected chi connectivity index (χ0v) is 20.7. The molecule has 0 saturated heterocycles. The molecule has 1 aliphatic rings. The van der Waals surface area contributed by atoms with Crippen LogP contribution in [0.4, 0.5) is 24.8 Å². The molecule has 0 aliphatic heterocycles. The number of aromatic nitrogens is 5. The maximum Gasteiger partial charge on any atom is 0.405 e. The van der Waals surface area contributed by atoms with Gasteiger partial charge in [0.25, 0.3) is 5.91 Å². The second-order valence-electron chi connectivity index (χ2n) is 8.95. The molecular weight excluding hydrogens is 503 g/mol. The summed E-state index contributed by atoms with van der Waals surface area (Å²) in [6, 6.07) is 8.43. The van der Waals surface area contributed by atoms with Crippen LogP contribution in [0, 0.1) is 0 Å². The maximum atomic E-state index is 12.5. The Labute approximate surface area is 215 Å². The molecular formula is C25H26F3N7O3. The maximum absolute atomic E-state index is 12.5. The van der Waals surface area contributed by atoms with Crippen LogP contribution < -0.4 is 15.4 Å². The summed E-state index contributed by atoms with van der Waals surface area (Å²) in [5.74, 6) is 0.489. The highest BCUT2D eigenvalue weighted by atomic mass is 19.4. The Morgan fingerprint density at radius 1 is 1.21 bits per heavy atom. The van der Waals surface area contributed by atoms with Gasteiger partial charge in [0, 0.05) is 23.7 Å². The van der Waals surface area contributed by atoms with Crippen LogP contribution in [0.3, 0.4) is 0 Å². The zero-order valence-electron chi connectivity index (χ0n) is 20.7. The third-order valence-electron chi connectivity index (χ3n) is 6.23. The molecule has 0 atom stereocenters. The number of hydrogen-bond acceptors (Lipinski definition) is 7. The number of halogens is 3. The van der Waals surface area contributed by atoms with Crippen molar-refractivity contribution in [2.45, 2.75) is 31.5 Å². The van der Waals surface area contributed by atoms with Crippen LogP contribution >= 0.6 is 0 Å². The van der Waals surface area contributed by atoms with Crippen LogP contribution in [0.5, 0.6) is 5.75 Å². The van der Waals surface area contributed by atoms with Gasteiger partial charge in [0.15, 0.2) is 5.82 Å². The van der Waals surface area contributed by atoms with Gasteiger partial charge >= 0.3 is 6.18 Å². The summed E-state index contributed by atoms with van der Waals surface area (Å²) >= 11 is 0. The lowest BCUT2D eigenvalue weighted by Gasteiger charge is -2.13.